The Morgan fingerprint density at radius 3 is 2.87 bits per heavy atom. The third kappa shape index (κ3) is 2.13. The number of hydrogen-bond donors (Lipinski definition) is 0. The molecule has 3 nitrogen and oxygen atoms in total. The summed E-state index contributed by atoms with van der Waals surface area (Å²) in [6, 6.07) is 7.21. The van der Waals surface area contributed by atoms with Crippen LogP contribution in [0.15, 0.2) is 30.6 Å². The van der Waals surface area contributed by atoms with E-state index in [4.69, 9.17) is 16.9 Å². The monoisotopic (exact) mass is 329 g/mol. The molecule has 0 unspecified atom stereocenters. The maximum atomic E-state index is 8.94. The SMILES string of the molecule is N#Cc1ccc(Cl)cc1-n1cc(I)cn1. The quantitative estimate of drug-likeness (QED) is 0.755. The molecule has 0 radical (unpaired) electrons. The Kier molecular flexibility index (Phi) is 2.93. The van der Waals surface area contributed by atoms with Crippen LogP contribution < -0.4 is 0 Å². The predicted molar refractivity (Wildman–Crippen MR) is 66.0 cm³/mol. The van der Waals surface area contributed by atoms with Gasteiger partial charge in [0.25, 0.3) is 0 Å². The molecule has 0 aliphatic rings. The molecule has 0 fully saturated rings. The van der Waals surface area contributed by atoms with E-state index in [2.05, 4.69) is 33.8 Å². The zero-order chi connectivity index (χ0) is 10.8. The van der Waals surface area contributed by atoms with Gasteiger partial charge in [-0.05, 0) is 40.8 Å². The molecule has 5 heteroatoms. The molecule has 2 aromatic rings. The van der Waals surface area contributed by atoms with E-state index in [1.165, 1.54) is 0 Å². The van der Waals surface area contributed by atoms with Crippen molar-refractivity contribution in [1.29, 1.82) is 5.26 Å². The van der Waals surface area contributed by atoms with E-state index in [9.17, 15) is 0 Å². The standard InChI is InChI=1S/C10H5ClIN3/c11-8-2-1-7(4-13)10(3-8)15-6-9(12)5-14-15/h1-3,5-6H. The molecule has 1 aromatic heterocycles. The molecule has 0 N–H and O–H groups in total. The molecule has 0 saturated heterocycles. The molecule has 2 rings (SSSR count). The summed E-state index contributed by atoms with van der Waals surface area (Å²) in [5, 5.41) is 13.7. The first-order chi connectivity index (χ1) is 7.20. The lowest BCUT2D eigenvalue weighted by molar-refractivity contribution is 0.877. The van der Waals surface area contributed by atoms with Gasteiger partial charge in [-0.15, -0.1) is 0 Å². The summed E-state index contributed by atoms with van der Waals surface area (Å²) >= 11 is 8.04. The highest BCUT2D eigenvalue weighted by Crippen LogP contribution is 2.19. The Bertz CT molecular complexity index is 542. The largest absolute Gasteiger partial charge is 0.238 e. The topological polar surface area (TPSA) is 41.6 Å². The van der Waals surface area contributed by atoms with Gasteiger partial charge < -0.3 is 0 Å². The molecule has 74 valence electrons. The molecule has 1 aromatic carbocycles. The van der Waals surface area contributed by atoms with Crippen LogP contribution in [0.1, 0.15) is 5.56 Å². The van der Waals surface area contributed by atoms with Crippen LogP contribution >= 0.6 is 34.2 Å². The summed E-state index contributed by atoms with van der Waals surface area (Å²) in [6.45, 7) is 0. The molecule has 0 aliphatic carbocycles. The molecule has 0 spiro atoms. The fraction of sp³-hybridized carbons (Fsp3) is 0. The Hall–Kier alpha value is -1.06. The highest BCUT2D eigenvalue weighted by Gasteiger charge is 2.06. The smallest absolute Gasteiger partial charge is 0.101 e. The van der Waals surface area contributed by atoms with Crippen molar-refractivity contribution in [3.8, 4) is 11.8 Å². The van der Waals surface area contributed by atoms with Gasteiger partial charge in [0.05, 0.1) is 21.0 Å². The summed E-state index contributed by atoms with van der Waals surface area (Å²) in [4.78, 5) is 0. The van der Waals surface area contributed by atoms with Gasteiger partial charge in [0.1, 0.15) is 6.07 Å². The van der Waals surface area contributed by atoms with E-state index in [1.807, 2.05) is 6.20 Å². The summed E-state index contributed by atoms with van der Waals surface area (Å²) < 4.78 is 2.66. The van der Waals surface area contributed by atoms with E-state index in [0.717, 1.165) is 3.57 Å². The highest BCUT2D eigenvalue weighted by molar-refractivity contribution is 14.1. The van der Waals surface area contributed by atoms with Crippen molar-refractivity contribution in [3.63, 3.8) is 0 Å². The first kappa shape index (κ1) is 10.5. The van der Waals surface area contributed by atoms with Gasteiger partial charge in [-0.3, -0.25) is 0 Å². The fourth-order valence-corrected chi connectivity index (χ4v) is 1.78. The van der Waals surface area contributed by atoms with Crippen molar-refractivity contribution >= 4 is 34.2 Å². The lowest BCUT2D eigenvalue weighted by Gasteiger charge is -2.03. The van der Waals surface area contributed by atoms with Gasteiger partial charge in [-0.2, -0.15) is 10.4 Å². The minimum atomic E-state index is 0.555. The Labute approximate surface area is 105 Å². The van der Waals surface area contributed by atoms with Crippen LogP contribution in [0, 0.1) is 14.9 Å². The van der Waals surface area contributed by atoms with Crippen molar-refractivity contribution in [3.05, 3.63) is 44.7 Å². The number of nitriles is 1. The molecule has 15 heavy (non-hydrogen) atoms. The van der Waals surface area contributed by atoms with Crippen LogP contribution in [0.25, 0.3) is 5.69 Å². The van der Waals surface area contributed by atoms with E-state index >= 15 is 0 Å². The van der Waals surface area contributed by atoms with E-state index in [1.54, 1.807) is 29.1 Å². The molecule has 0 saturated carbocycles. The van der Waals surface area contributed by atoms with Gasteiger partial charge in [-0.1, -0.05) is 11.6 Å². The third-order valence-corrected chi connectivity index (χ3v) is 2.67. The molecule has 0 amide bonds. The van der Waals surface area contributed by atoms with Crippen molar-refractivity contribution in [1.82, 2.24) is 9.78 Å². The van der Waals surface area contributed by atoms with Crippen molar-refractivity contribution < 1.29 is 0 Å². The van der Waals surface area contributed by atoms with Gasteiger partial charge in [0, 0.05) is 11.2 Å². The van der Waals surface area contributed by atoms with Crippen LogP contribution in [0.4, 0.5) is 0 Å². The normalized spacial score (nSPS) is 9.93. The van der Waals surface area contributed by atoms with E-state index in [-0.39, 0.29) is 0 Å². The number of nitrogens with zero attached hydrogens (tertiary/aromatic N) is 3. The number of hydrogen-bond acceptors (Lipinski definition) is 2. The highest BCUT2D eigenvalue weighted by atomic mass is 127. The minimum absolute atomic E-state index is 0.555. The maximum Gasteiger partial charge on any atom is 0.101 e. The summed E-state index contributed by atoms with van der Waals surface area (Å²) in [5.74, 6) is 0. The van der Waals surface area contributed by atoms with Crippen molar-refractivity contribution in [2.24, 2.45) is 0 Å². The fourth-order valence-electron chi connectivity index (χ4n) is 1.22. The van der Waals surface area contributed by atoms with Crippen LogP contribution in [-0.2, 0) is 0 Å². The van der Waals surface area contributed by atoms with Gasteiger partial charge in [0.15, 0.2) is 0 Å². The molecule has 0 bridgehead atoms. The average Bonchev–Trinajstić information content (AvgIpc) is 2.65. The van der Waals surface area contributed by atoms with Gasteiger partial charge >= 0.3 is 0 Å². The summed E-state index contributed by atoms with van der Waals surface area (Å²) in [5.41, 5.74) is 1.26. The van der Waals surface area contributed by atoms with Crippen LogP contribution in [0.3, 0.4) is 0 Å². The predicted octanol–water partition coefficient (Wildman–Crippen LogP) is 3.00. The Morgan fingerprint density at radius 1 is 1.47 bits per heavy atom. The van der Waals surface area contributed by atoms with Gasteiger partial charge in [-0.25, -0.2) is 4.68 Å². The second kappa shape index (κ2) is 4.21. The second-order valence-corrected chi connectivity index (χ2v) is 4.56. The molecular formula is C10H5ClIN3. The minimum Gasteiger partial charge on any atom is -0.238 e. The lowest BCUT2D eigenvalue weighted by Crippen LogP contribution is -1.97. The maximum absolute atomic E-state index is 8.94. The molecule has 0 aliphatic heterocycles. The van der Waals surface area contributed by atoms with Crippen LogP contribution in [-0.4, -0.2) is 9.78 Å². The first-order valence-corrected chi connectivity index (χ1v) is 5.56. The average molecular weight is 330 g/mol. The Morgan fingerprint density at radius 2 is 2.27 bits per heavy atom. The third-order valence-electron chi connectivity index (χ3n) is 1.88. The number of benzene rings is 1. The Balaban J connectivity index is 2.61. The molecule has 1 heterocycles. The van der Waals surface area contributed by atoms with Crippen LogP contribution in [0.2, 0.25) is 5.02 Å². The van der Waals surface area contributed by atoms with Crippen LogP contribution in [0.5, 0.6) is 0 Å². The van der Waals surface area contributed by atoms with Gasteiger partial charge in [0.2, 0.25) is 0 Å². The molecule has 0 atom stereocenters. The zero-order valence-corrected chi connectivity index (χ0v) is 10.4. The zero-order valence-electron chi connectivity index (χ0n) is 7.48. The molecular weight excluding hydrogens is 324 g/mol. The van der Waals surface area contributed by atoms with Crippen molar-refractivity contribution in [2.45, 2.75) is 0 Å². The number of aromatic nitrogens is 2. The van der Waals surface area contributed by atoms with E-state index in [0.29, 0.717) is 16.3 Å². The summed E-state index contributed by atoms with van der Waals surface area (Å²) in [7, 11) is 0. The van der Waals surface area contributed by atoms with Crippen molar-refractivity contribution in [2.75, 3.05) is 0 Å². The number of halogens is 2. The number of rotatable bonds is 1. The summed E-state index contributed by atoms with van der Waals surface area (Å²) in [6.07, 6.45) is 3.57. The first-order valence-electron chi connectivity index (χ1n) is 4.11. The second-order valence-electron chi connectivity index (χ2n) is 2.88. The van der Waals surface area contributed by atoms with E-state index < -0.39 is 0 Å². The lowest BCUT2D eigenvalue weighted by atomic mass is 10.2.